The summed E-state index contributed by atoms with van der Waals surface area (Å²) in [4.78, 5) is 7.29. The van der Waals surface area contributed by atoms with Gasteiger partial charge in [-0.3, -0.25) is 4.90 Å². The molecule has 0 atom stereocenters. The average molecular weight is 553 g/mol. The highest BCUT2D eigenvalue weighted by Crippen LogP contribution is 2.20. The fourth-order valence-corrected chi connectivity index (χ4v) is 3.86. The second kappa shape index (κ2) is 14.2. The van der Waals surface area contributed by atoms with Crippen LogP contribution in [0.4, 0.5) is 0 Å². The number of nitrogens with one attached hydrogen (secondary N) is 2. The molecule has 2 aromatic carbocycles. The first kappa shape index (κ1) is 26.3. The Morgan fingerprint density at radius 2 is 1.69 bits per heavy atom. The molecule has 1 heterocycles. The van der Waals surface area contributed by atoms with Crippen LogP contribution in [0.3, 0.4) is 0 Å². The normalized spacial score (nSPS) is 15.0. The van der Waals surface area contributed by atoms with Gasteiger partial charge >= 0.3 is 0 Å². The van der Waals surface area contributed by atoms with Gasteiger partial charge in [-0.25, -0.2) is 4.99 Å². The summed E-state index contributed by atoms with van der Waals surface area (Å²) in [5.74, 6) is 3.34. The van der Waals surface area contributed by atoms with Crippen molar-refractivity contribution in [3.8, 4) is 11.5 Å². The minimum absolute atomic E-state index is 0. The van der Waals surface area contributed by atoms with Gasteiger partial charge in [0.15, 0.2) is 5.96 Å². The number of hydrogen-bond acceptors (Lipinski definition) is 4. The van der Waals surface area contributed by atoms with E-state index in [2.05, 4.69) is 40.7 Å². The lowest BCUT2D eigenvalue weighted by atomic mass is 9.96. The summed E-state index contributed by atoms with van der Waals surface area (Å²) in [5.41, 5.74) is 2.49. The first-order valence-corrected chi connectivity index (χ1v) is 11.2. The SMILES string of the molecule is CCNC(=NCc1cccc(OC)c1)NCC1CCN(Cc2ccc(OC)cc2)CC1.I. The maximum atomic E-state index is 5.30. The van der Waals surface area contributed by atoms with E-state index in [9.17, 15) is 0 Å². The summed E-state index contributed by atoms with van der Waals surface area (Å²) in [6, 6.07) is 16.5. The molecular formula is C25H37IN4O2. The van der Waals surface area contributed by atoms with Crippen molar-refractivity contribution >= 4 is 29.9 Å². The van der Waals surface area contributed by atoms with Gasteiger partial charge in [0.2, 0.25) is 0 Å². The van der Waals surface area contributed by atoms with E-state index in [1.165, 1.54) is 18.4 Å². The topological polar surface area (TPSA) is 58.1 Å². The van der Waals surface area contributed by atoms with Crippen LogP contribution in [0.1, 0.15) is 30.9 Å². The van der Waals surface area contributed by atoms with Crippen LogP contribution in [-0.4, -0.2) is 51.3 Å². The van der Waals surface area contributed by atoms with E-state index in [1.807, 2.05) is 30.3 Å². The summed E-state index contributed by atoms with van der Waals surface area (Å²) in [5, 5.41) is 6.90. The third-order valence-electron chi connectivity index (χ3n) is 5.73. The van der Waals surface area contributed by atoms with Crippen molar-refractivity contribution < 1.29 is 9.47 Å². The maximum Gasteiger partial charge on any atom is 0.191 e. The fourth-order valence-electron chi connectivity index (χ4n) is 3.86. The number of likely N-dealkylation sites (tertiary alicyclic amines) is 1. The van der Waals surface area contributed by atoms with Crippen LogP contribution in [0.25, 0.3) is 0 Å². The summed E-state index contributed by atoms with van der Waals surface area (Å²) in [6.07, 6.45) is 2.41. The molecule has 2 N–H and O–H groups in total. The number of ether oxygens (including phenoxy) is 2. The van der Waals surface area contributed by atoms with Crippen LogP contribution in [0, 0.1) is 5.92 Å². The van der Waals surface area contributed by atoms with E-state index in [0.717, 1.165) is 55.7 Å². The van der Waals surface area contributed by atoms with E-state index in [1.54, 1.807) is 14.2 Å². The molecule has 6 nitrogen and oxygen atoms in total. The lowest BCUT2D eigenvalue weighted by molar-refractivity contribution is 0.178. The highest BCUT2D eigenvalue weighted by atomic mass is 127. The number of halogens is 1. The summed E-state index contributed by atoms with van der Waals surface area (Å²) < 4.78 is 10.6. The Balaban J connectivity index is 0.00000363. The van der Waals surface area contributed by atoms with Gasteiger partial charge in [-0.15, -0.1) is 24.0 Å². The Kier molecular flexibility index (Phi) is 11.7. The molecule has 0 amide bonds. The molecule has 1 saturated heterocycles. The number of guanidine groups is 1. The quantitative estimate of drug-likeness (QED) is 0.276. The van der Waals surface area contributed by atoms with Crippen molar-refractivity contribution in [2.75, 3.05) is 40.4 Å². The van der Waals surface area contributed by atoms with E-state index >= 15 is 0 Å². The molecule has 3 rings (SSSR count). The zero-order valence-corrected chi connectivity index (χ0v) is 21.8. The van der Waals surface area contributed by atoms with Crippen LogP contribution in [-0.2, 0) is 13.1 Å². The molecule has 0 saturated carbocycles. The highest BCUT2D eigenvalue weighted by Gasteiger charge is 2.19. The first-order valence-electron chi connectivity index (χ1n) is 11.2. The number of piperidine rings is 1. The van der Waals surface area contributed by atoms with Gasteiger partial charge in [0.05, 0.1) is 20.8 Å². The largest absolute Gasteiger partial charge is 0.497 e. The Morgan fingerprint density at radius 1 is 0.969 bits per heavy atom. The van der Waals surface area contributed by atoms with Crippen LogP contribution >= 0.6 is 24.0 Å². The molecule has 176 valence electrons. The van der Waals surface area contributed by atoms with Crippen molar-refractivity contribution in [3.63, 3.8) is 0 Å². The standard InChI is InChI=1S/C25H36N4O2.HI/c1-4-26-25(28-18-22-6-5-7-24(16-22)31-3)27-17-20-12-14-29(15-13-20)19-21-8-10-23(30-2)11-9-21;/h5-11,16,20H,4,12-15,17-19H2,1-3H3,(H2,26,27,28);1H. The smallest absolute Gasteiger partial charge is 0.191 e. The number of rotatable bonds is 9. The highest BCUT2D eigenvalue weighted by molar-refractivity contribution is 14.0. The molecule has 0 radical (unpaired) electrons. The lowest BCUT2D eigenvalue weighted by Gasteiger charge is -2.32. The molecule has 7 heteroatoms. The first-order chi connectivity index (χ1) is 15.2. The zero-order chi connectivity index (χ0) is 21.9. The second-order valence-electron chi connectivity index (χ2n) is 8.00. The lowest BCUT2D eigenvalue weighted by Crippen LogP contribution is -2.42. The van der Waals surface area contributed by atoms with Crippen molar-refractivity contribution in [3.05, 3.63) is 59.7 Å². The van der Waals surface area contributed by atoms with Crippen LogP contribution in [0.2, 0.25) is 0 Å². The third kappa shape index (κ3) is 8.50. The van der Waals surface area contributed by atoms with E-state index < -0.39 is 0 Å². The molecular weight excluding hydrogens is 515 g/mol. The van der Waals surface area contributed by atoms with Gasteiger partial charge in [0.1, 0.15) is 11.5 Å². The molecule has 1 aliphatic heterocycles. The maximum absolute atomic E-state index is 5.30. The van der Waals surface area contributed by atoms with Gasteiger partial charge < -0.3 is 20.1 Å². The minimum Gasteiger partial charge on any atom is -0.497 e. The van der Waals surface area contributed by atoms with E-state index in [-0.39, 0.29) is 24.0 Å². The van der Waals surface area contributed by atoms with Crippen LogP contribution in [0.5, 0.6) is 11.5 Å². The molecule has 2 aromatic rings. The molecule has 32 heavy (non-hydrogen) atoms. The molecule has 0 aliphatic carbocycles. The predicted molar refractivity (Wildman–Crippen MR) is 142 cm³/mol. The number of benzene rings is 2. The number of aliphatic imine (C=N–C) groups is 1. The Bertz CT molecular complexity index is 821. The zero-order valence-electron chi connectivity index (χ0n) is 19.5. The van der Waals surface area contributed by atoms with Crippen molar-refractivity contribution in [2.45, 2.75) is 32.9 Å². The van der Waals surface area contributed by atoms with Crippen molar-refractivity contribution in [1.82, 2.24) is 15.5 Å². The molecule has 0 spiro atoms. The average Bonchev–Trinajstić information content (AvgIpc) is 2.82. The molecule has 1 aliphatic rings. The van der Waals surface area contributed by atoms with Crippen molar-refractivity contribution in [2.24, 2.45) is 10.9 Å². The second-order valence-corrected chi connectivity index (χ2v) is 8.00. The number of methoxy groups -OCH3 is 2. The number of nitrogens with zero attached hydrogens (tertiary/aromatic N) is 2. The van der Waals surface area contributed by atoms with Gasteiger partial charge in [-0.2, -0.15) is 0 Å². The van der Waals surface area contributed by atoms with Crippen LogP contribution in [0.15, 0.2) is 53.5 Å². The summed E-state index contributed by atoms with van der Waals surface area (Å²) in [6.45, 7) is 7.82. The summed E-state index contributed by atoms with van der Waals surface area (Å²) in [7, 11) is 3.40. The van der Waals surface area contributed by atoms with Crippen molar-refractivity contribution in [1.29, 1.82) is 0 Å². The number of hydrogen-bond donors (Lipinski definition) is 2. The Labute approximate surface area is 209 Å². The molecule has 0 bridgehead atoms. The van der Waals surface area contributed by atoms with Gasteiger partial charge in [0, 0.05) is 19.6 Å². The molecule has 1 fully saturated rings. The van der Waals surface area contributed by atoms with Crippen LogP contribution < -0.4 is 20.1 Å². The third-order valence-corrected chi connectivity index (χ3v) is 5.73. The minimum atomic E-state index is 0. The van der Waals surface area contributed by atoms with Gasteiger partial charge in [-0.05, 0) is 74.2 Å². The Hall–Kier alpha value is -2.00. The molecule has 0 unspecified atom stereocenters. The predicted octanol–water partition coefficient (Wildman–Crippen LogP) is 4.29. The van der Waals surface area contributed by atoms with Gasteiger partial charge in [0.25, 0.3) is 0 Å². The molecule has 0 aromatic heterocycles. The summed E-state index contributed by atoms with van der Waals surface area (Å²) >= 11 is 0. The monoisotopic (exact) mass is 552 g/mol. The Morgan fingerprint density at radius 3 is 2.34 bits per heavy atom. The van der Waals surface area contributed by atoms with E-state index in [0.29, 0.717) is 12.5 Å². The fraction of sp³-hybridized carbons (Fsp3) is 0.480. The van der Waals surface area contributed by atoms with E-state index in [4.69, 9.17) is 14.5 Å². The van der Waals surface area contributed by atoms with Gasteiger partial charge in [-0.1, -0.05) is 24.3 Å².